The molecule has 0 unspecified atom stereocenters. The van der Waals surface area contributed by atoms with Crippen molar-refractivity contribution in [2.45, 2.75) is 0 Å². The van der Waals surface area contributed by atoms with E-state index < -0.39 is 0 Å². The van der Waals surface area contributed by atoms with Crippen molar-refractivity contribution in [1.82, 2.24) is 9.80 Å². The summed E-state index contributed by atoms with van der Waals surface area (Å²) >= 11 is 0. The van der Waals surface area contributed by atoms with E-state index in [-0.39, 0.29) is 0 Å². The molecule has 0 atom stereocenters. The Morgan fingerprint density at radius 3 is 2.36 bits per heavy atom. The maximum atomic E-state index is 10.2. The fraction of sp³-hybridized carbons (Fsp3) is 0.857. The van der Waals surface area contributed by atoms with Crippen LogP contribution in [0.15, 0.2) is 0 Å². The van der Waals surface area contributed by atoms with Gasteiger partial charge in [0.25, 0.3) is 0 Å². The Balaban J connectivity index is 2.18. The first-order valence-corrected chi connectivity index (χ1v) is 3.92. The molecule has 0 aromatic heterocycles. The molecule has 1 amide bonds. The van der Waals surface area contributed by atoms with Crippen LogP contribution in [0.25, 0.3) is 0 Å². The summed E-state index contributed by atoms with van der Waals surface area (Å²) in [6.45, 7) is 5.10. The van der Waals surface area contributed by atoms with E-state index in [0.29, 0.717) is 6.54 Å². The Bertz CT molecular complexity index is 121. The summed E-state index contributed by atoms with van der Waals surface area (Å²) in [5.41, 5.74) is 5.39. The maximum Gasteiger partial charge on any atom is 0.312 e. The minimum atomic E-state index is 0.699. The van der Waals surface area contributed by atoms with Crippen LogP contribution in [0.4, 0.5) is 0 Å². The molecule has 63 valence electrons. The van der Waals surface area contributed by atoms with Crippen LogP contribution in [0, 0.1) is 0 Å². The van der Waals surface area contributed by atoms with Gasteiger partial charge in [-0.05, 0) is 0 Å². The summed E-state index contributed by atoms with van der Waals surface area (Å²) in [5, 5.41) is 0. The van der Waals surface area contributed by atoms with Crippen LogP contribution in [0.1, 0.15) is 0 Å². The van der Waals surface area contributed by atoms with Crippen molar-refractivity contribution in [1.29, 1.82) is 0 Å². The number of piperazine rings is 1. The quantitative estimate of drug-likeness (QED) is 0.548. The third-order valence-corrected chi connectivity index (χ3v) is 1.95. The normalized spacial score (nSPS) is 20.3. The van der Waals surface area contributed by atoms with Gasteiger partial charge in [0, 0.05) is 39.3 Å². The van der Waals surface area contributed by atoms with Gasteiger partial charge in [-0.15, -0.1) is 0 Å². The molecule has 1 aliphatic heterocycles. The molecular formula is C7H14N3O. The van der Waals surface area contributed by atoms with Crippen LogP contribution in [-0.2, 0) is 4.79 Å². The van der Waals surface area contributed by atoms with Gasteiger partial charge in [0.2, 0.25) is 0 Å². The van der Waals surface area contributed by atoms with Gasteiger partial charge >= 0.3 is 6.41 Å². The van der Waals surface area contributed by atoms with E-state index in [4.69, 9.17) is 5.73 Å². The predicted octanol–water partition coefficient (Wildman–Crippen LogP) is -1.37. The molecule has 4 heteroatoms. The number of rotatable bonds is 3. The molecule has 1 saturated heterocycles. The highest BCUT2D eigenvalue weighted by molar-refractivity contribution is 5.48. The Morgan fingerprint density at radius 1 is 1.27 bits per heavy atom. The van der Waals surface area contributed by atoms with Crippen LogP contribution in [0.2, 0.25) is 0 Å². The zero-order valence-corrected chi connectivity index (χ0v) is 6.62. The summed E-state index contributed by atoms with van der Waals surface area (Å²) in [6, 6.07) is 0. The Hall–Kier alpha value is -0.610. The van der Waals surface area contributed by atoms with Gasteiger partial charge in [0.1, 0.15) is 0 Å². The number of amides is 1. The van der Waals surface area contributed by atoms with Gasteiger partial charge in [0.05, 0.1) is 0 Å². The van der Waals surface area contributed by atoms with E-state index >= 15 is 0 Å². The first kappa shape index (κ1) is 8.49. The largest absolute Gasteiger partial charge is 0.332 e. The van der Waals surface area contributed by atoms with Gasteiger partial charge in [-0.2, -0.15) is 0 Å². The van der Waals surface area contributed by atoms with E-state index in [1.807, 2.05) is 6.41 Å². The van der Waals surface area contributed by atoms with Gasteiger partial charge < -0.3 is 10.6 Å². The average Bonchev–Trinajstić information content (AvgIpc) is 2.07. The van der Waals surface area contributed by atoms with Crippen molar-refractivity contribution < 1.29 is 4.79 Å². The van der Waals surface area contributed by atoms with Gasteiger partial charge in [-0.1, -0.05) is 0 Å². The van der Waals surface area contributed by atoms with Crippen molar-refractivity contribution >= 4 is 6.41 Å². The van der Waals surface area contributed by atoms with Gasteiger partial charge in [-0.3, -0.25) is 9.69 Å². The molecule has 0 aromatic rings. The van der Waals surface area contributed by atoms with Crippen LogP contribution in [-0.4, -0.2) is 55.5 Å². The molecule has 0 spiro atoms. The Labute approximate surface area is 66.9 Å². The fourth-order valence-electron chi connectivity index (χ4n) is 1.25. The van der Waals surface area contributed by atoms with E-state index in [0.717, 1.165) is 32.7 Å². The third kappa shape index (κ3) is 2.48. The van der Waals surface area contributed by atoms with Crippen LogP contribution >= 0.6 is 0 Å². The molecule has 4 nitrogen and oxygen atoms in total. The van der Waals surface area contributed by atoms with Crippen molar-refractivity contribution in [2.75, 3.05) is 39.3 Å². The highest BCUT2D eigenvalue weighted by atomic mass is 16.1. The molecule has 1 radical (unpaired) electrons. The van der Waals surface area contributed by atoms with Crippen LogP contribution < -0.4 is 5.73 Å². The second kappa shape index (κ2) is 4.31. The Kier molecular flexibility index (Phi) is 3.32. The van der Waals surface area contributed by atoms with Crippen LogP contribution in [0.3, 0.4) is 0 Å². The van der Waals surface area contributed by atoms with E-state index in [2.05, 4.69) is 4.90 Å². The molecule has 1 fully saturated rings. The van der Waals surface area contributed by atoms with Crippen molar-refractivity contribution in [3.8, 4) is 0 Å². The predicted molar refractivity (Wildman–Crippen MR) is 42.8 cm³/mol. The molecule has 1 heterocycles. The van der Waals surface area contributed by atoms with Crippen LogP contribution in [0.5, 0.6) is 0 Å². The van der Waals surface area contributed by atoms with Crippen molar-refractivity contribution in [3.63, 3.8) is 0 Å². The number of carbonyl (C=O) groups excluding carboxylic acids is 1. The SMILES string of the molecule is NCCN1CCN([C]=O)CC1. The molecule has 0 bridgehead atoms. The molecule has 11 heavy (non-hydrogen) atoms. The average molecular weight is 156 g/mol. The first-order chi connectivity index (χ1) is 5.36. The number of hydrogen-bond donors (Lipinski definition) is 1. The third-order valence-electron chi connectivity index (χ3n) is 1.95. The first-order valence-electron chi connectivity index (χ1n) is 3.92. The molecular weight excluding hydrogens is 142 g/mol. The summed E-state index contributed by atoms with van der Waals surface area (Å²) in [4.78, 5) is 14.1. The molecule has 1 aliphatic rings. The topological polar surface area (TPSA) is 49.6 Å². The second-order valence-electron chi connectivity index (χ2n) is 2.71. The van der Waals surface area contributed by atoms with E-state index in [9.17, 15) is 4.79 Å². The number of nitrogens with two attached hydrogens (primary N) is 1. The monoisotopic (exact) mass is 156 g/mol. The molecule has 0 saturated carbocycles. The molecule has 2 N–H and O–H groups in total. The summed E-state index contributed by atoms with van der Waals surface area (Å²) in [5.74, 6) is 0. The minimum absolute atomic E-state index is 0.699. The lowest BCUT2D eigenvalue weighted by atomic mass is 10.3. The second-order valence-corrected chi connectivity index (χ2v) is 2.71. The van der Waals surface area contributed by atoms with Gasteiger partial charge in [-0.25, -0.2) is 0 Å². The van der Waals surface area contributed by atoms with E-state index in [1.54, 1.807) is 4.90 Å². The minimum Gasteiger partial charge on any atom is -0.332 e. The zero-order chi connectivity index (χ0) is 8.10. The molecule has 0 aromatic carbocycles. The standard InChI is InChI=1S/C7H14N3O/c8-1-2-9-3-5-10(7-11)6-4-9/h1-6,8H2. The van der Waals surface area contributed by atoms with Gasteiger partial charge in [0.15, 0.2) is 0 Å². The number of hydrogen-bond acceptors (Lipinski definition) is 3. The van der Waals surface area contributed by atoms with Crippen molar-refractivity contribution in [2.24, 2.45) is 5.73 Å². The zero-order valence-electron chi connectivity index (χ0n) is 6.62. The smallest absolute Gasteiger partial charge is 0.312 e. The Morgan fingerprint density at radius 2 is 1.91 bits per heavy atom. The fourth-order valence-corrected chi connectivity index (χ4v) is 1.25. The lowest BCUT2D eigenvalue weighted by Crippen LogP contribution is -2.46. The highest BCUT2D eigenvalue weighted by Gasteiger charge is 2.14. The van der Waals surface area contributed by atoms with E-state index in [1.165, 1.54) is 0 Å². The summed E-state index contributed by atoms with van der Waals surface area (Å²) < 4.78 is 0. The van der Waals surface area contributed by atoms with Crippen molar-refractivity contribution in [3.05, 3.63) is 0 Å². The number of nitrogens with zero attached hydrogens (tertiary/aromatic N) is 2. The highest BCUT2D eigenvalue weighted by Crippen LogP contribution is 1.97. The molecule has 0 aliphatic carbocycles. The summed E-state index contributed by atoms with van der Waals surface area (Å²) in [7, 11) is 0. The summed E-state index contributed by atoms with van der Waals surface area (Å²) in [6.07, 6.45) is 1.89. The molecule has 1 rings (SSSR count). The lowest BCUT2D eigenvalue weighted by Gasteiger charge is -2.31. The lowest BCUT2D eigenvalue weighted by molar-refractivity contribution is 0.182. The maximum absolute atomic E-state index is 10.2.